The molecule has 5 heteroatoms. The number of fused-ring (bicyclic) bond motifs is 1. The molecule has 0 bridgehead atoms. The molecule has 2 heterocycles. The van der Waals surface area contributed by atoms with Crippen molar-refractivity contribution in [1.29, 1.82) is 0 Å². The maximum Gasteiger partial charge on any atom is 0.225 e. The lowest BCUT2D eigenvalue weighted by atomic mass is 9.90. The first kappa shape index (κ1) is 11.3. The molecule has 0 radical (unpaired) electrons. The van der Waals surface area contributed by atoms with Gasteiger partial charge < -0.3 is 5.32 Å². The van der Waals surface area contributed by atoms with Gasteiger partial charge in [-0.05, 0) is 29.1 Å². The Bertz CT molecular complexity index is 603. The largest absolute Gasteiger partial charge is 0.325 e. The number of anilines is 1. The summed E-state index contributed by atoms with van der Waals surface area (Å²) in [5, 5.41) is 4.61. The van der Waals surface area contributed by atoms with E-state index in [2.05, 4.69) is 5.32 Å². The van der Waals surface area contributed by atoms with Gasteiger partial charge in [0.05, 0.1) is 5.69 Å². The molecule has 1 unspecified atom stereocenters. The molecular formula is C13H9F2NOS. The minimum Gasteiger partial charge on any atom is -0.325 e. The van der Waals surface area contributed by atoms with E-state index in [9.17, 15) is 13.6 Å². The normalized spacial score (nSPS) is 18.3. The highest BCUT2D eigenvalue weighted by Crippen LogP contribution is 2.40. The van der Waals surface area contributed by atoms with Crippen molar-refractivity contribution >= 4 is 22.9 Å². The molecule has 0 saturated heterocycles. The Balaban J connectivity index is 2.10. The zero-order valence-electron chi connectivity index (χ0n) is 9.24. The van der Waals surface area contributed by atoms with Crippen LogP contribution in [0.15, 0.2) is 29.6 Å². The summed E-state index contributed by atoms with van der Waals surface area (Å²) < 4.78 is 26.5. The highest BCUT2D eigenvalue weighted by Gasteiger charge is 2.28. The number of rotatable bonds is 1. The maximum absolute atomic E-state index is 13.2. The highest BCUT2D eigenvalue weighted by molar-refractivity contribution is 7.10. The van der Waals surface area contributed by atoms with Crippen LogP contribution < -0.4 is 5.32 Å². The number of amides is 1. The fourth-order valence-corrected chi connectivity index (χ4v) is 3.20. The van der Waals surface area contributed by atoms with Crippen molar-refractivity contribution in [3.05, 3.63) is 51.7 Å². The van der Waals surface area contributed by atoms with E-state index >= 15 is 0 Å². The Labute approximate surface area is 106 Å². The van der Waals surface area contributed by atoms with E-state index in [1.165, 1.54) is 23.5 Å². The van der Waals surface area contributed by atoms with Gasteiger partial charge in [0.1, 0.15) is 11.6 Å². The third-order valence-corrected chi connectivity index (χ3v) is 3.99. The van der Waals surface area contributed by atoms with Gasteiger partial charge >= 0.3 is 0 Å². The Morgan fingerprint density at radius 2 is 1.94 bits per heavy atom. The van der Waals surface area contributed by atoms with Gasteiger partial charge in [0.2, 0.25) is 5.91 Å². The van der Waals surface area contributed by atoms with Crippen LogP contribution in [0.3, 0.4) is 0 Å². The predicted molar refractivity (Wildman–Crippen MR) is 65.8 cm³/mol. The summed E-state index contributed by atoms with van der Waals surface area (Å²) in [7, 11) is 0. The van der Waals surface area contributed by atoms with Crippen LogP contribution in [0.4, 0.5) is 14.5 Å². The lowest BCUT2D eigenvalue weighted by Gasteiger charge is -2.22. The average molecular weight is 265 g/mol. The van der Waals surface area contributed by atoms with E-state index in [-0.39, 0.29) is 18.2 Å². The van der Waals surface area contributed by atoms with E-state index in [4.69, 9.17) is 0 Å². The molecule has 0 fully saturated rings. The van der Waals surface area contributed by atoms with Crippen LogP contribution in [0.25, 0.3) is 0 Å². The van der Waals surface area contributed by atoms with Crippen molar-refractivity contribution in [3.8, 4) is 0 Å². The second-order valence-electron chi connectivity index (χ2n) is 4.21. The van der Waals surface area contributed by atoms with E-state index in [0.29, 0.717) is 5.56 Å². The molecular weight excluding hydrogens is 256 g/mol. The molecule has 2 aromatic rings. The molecule has 0 spiro atoms. The smallest absolute Gasteiger partial charge is 0.225 e. The number of carbonyl (C=O) groups excluding carboxylic acids is 1. The topological polar surface area (TPSA) is 29.1 Å². The molecule has 1 aliphatic heterocycles. The van der Waals surface area contributed by atoms with Gasteiger partial charge in [0.25, 0.3) is 0 Å². The monoisotopic (exact) mass is 265 g/mol. The molecule has 2 nitrogen and oxygen atoms in total. The fraction of sp³-hybridized carbons (Fsp3) is 0.154. The minimum atomic E-state index is -0.617. The molecule has 18 heavy (non-hydrogen) atoms. The second kappa shape index (κ2) is 4.17. The molecule has 0 saturated carbocycles. The third-order valence-electron chi connectivity index (χ3n) is 2.96. The zero-order valence-corrected chi connectivity index (χ0v) is 10.1. The molecule has 1 aliphatic rings. The van der Waals surface area contributed by atoms with Crippen molar-refractivity contribution in [1.82, 2.24) is 0 Å². The van der Waals surface area contributed by atoms with E-state index < -0.39 is 11.6 Å². The molecule has 3 rings (SSSR count). The summed E-state index contributed by atoms with van der Waals surface area (Å²) in [4.78, 5) is 12.5. The zero-order chi connectivity index (χ0) is 12.7. The standard InChI is InChI=1S/C13H9F2NOS/c14-8-3-7(4-9(15)5-8)10-6-12(17)16-11-1-2-18-13(10)11/h1-5,10H,6H2,(H,16,17). The number of nitrogens with one attached hydrogen (secondary N) is 1. The van der Waals surface area contributed by atoms with Gasteiger partial charge in [-0.25, -0.2) is 8.78 Å². The van der Waals surface area contributed by atoms with Crippen molar-refractivity contribution in [2.45, 2.75) is 12.3 Å². The van der Waals surface area contributed by atoms with Gasteiger partial charge in [-0.1, -0.05) is 0 Å². The van der Waals surface area contributed by atoms with Gasteiger partial charge in [-0.3, -0.25) is 4.79 Å². The summed E-state index contributed by atoms with van der Waals surface area (Å²) in [6, 6.07) is 5.22. The molecule has 1 amide bonds. The summed E-state index contributed by atoms with van der Waals surface area (Å²) in [6.45, 7) is 0. The SMILES string of the molecule is O=C1CC(c2cc(F)cc(F)c2)c2sccc2N1. The van der Waals surface area contributed by atoms with Gasteiger partial charge in [0, 0.05) is 23.3 Å². The quantitative estimate of drug-likeness (QED) is 0.840. The first-order valence-corrected chi connectivity index (χ1v) is 6.34. The molecule has 1 aromatic carbocycles. The maximum atomic E-state index is 13.2. The number of benzene rings is 1. The van der Waals surface area contributed by atoms with E-state index in [0.717, 1.165) is 16.6 Å². The summed E-state index contributed by atoms with van der Waals surface area (Å²) in [5.74, 6) is -1.63. The van der Waals surface area contributed by atoms with Crippen LogP contribution in [0.1, 0.15) is 22.8 Å². The van der Waals surface area contributed by atoms with Crippen LogP contribution in [0, 0.1) is 11.6 Å². The summed E-state index contributed by atoms with van der Waals surface area (Å²) >= 11 is 1.48. The van der Waals surface area contributed by atoms with Crippen LogP contribution in [-0.4, -0.2) is 5.91 Å². The van der Waals surface area contributed by atoms with Crippen LogP contribution in [-0.2, 0) is 4.79 Å². The molecule has 1 atom stereocenters. The second-order valence-corrected chi connectivity index (χ2v) is 5.15. The predicted octanol–water partition coefficient (Wildman–Crippen LogP) is 3.50. The van der Waals surface area contributed by atoms with Crippen molar-refractivity contribution < 1.29 is 13.6 Å². The van der Waals surface area contributed by atoms with Crippen LogP contribution >= 0.6 is 11.3 Å². The van der Waals surface area contributed by atoms with Crippen LogP contribution in [0.5, 0.6) is 0 Å². The van der Waals surface area contributed by atoms with Crippen molar-refractivity contribution in [2.24, 2.45) is 0 Å². The highest BCUT2D eigenvalue weighted by atomic mass is 32.1. The minimum absolute atomic E-state index is 0.129. The fourth-order valence-electron chi connectivity index (χ4n) is 2.22. The number of carbonyl (C=O) groups is 1. The number of thiophene rings is 1. The third kappa shape index (κ3) is 1.90. The van der Waals surface area contributed by atoms with Gasteiger partial charge in [-0.15, -0.1) is 11.3 Å². The van der Waals surface area contributed by atoms with Gasteiger partial charge in [-0.2, -0.15) is 0 Å². The number of hydrogen-bond acceptors (Lipinski definition) is 2. The summed E-state index contributed by atoms with van der Waals surface area (Å²) in [6.07, 6.45) is 0.219. The molecule has 1 aromatic heterocycles. The van der Waals surface area contributed by atoms with Crippen molar-refractivity contribution in [2.75, 3.05) is 5.32 Å². The first-order chi connectivity index (χ1) is 8.63. The van der Waals surface area contributed by atoms with Gasteiger partial charge in [0.15, 0.2) is 0 Å². The molecule has 0 aliphatic carbocycles. The average Bonchev–Trinajstić information content (AvgIpc) is 2.74. The van der Waals surface area contributed by atoms with Crippen LogP contribution in [0.2, 0.25) is 0 Å². The Morgan fingerprint density at radius 1 is 1.22 bits per heavy atom. The first-order valence-electron chi connectivity index (χ1n) is 5.47. The Kier molecular flexibility index (Phi) is 2.63. The van der Waals surface area contributed by atoms with E-state index in [1.807, 2.05) is 5.38 Å². The Morgan fingerprint density at radius 3 is 2.67 bits per heavy atom. The molecule has 92 valence electrons. The lowest BCUT2D eigenvalue weighted by Crippen LogP contribution is -2.22. The Hall–Kier alpha value is -1.75. The number of halogens is 2. The van der Waals surface area contributed by atoms with Crippen molar-refractivity contribution in [3.63, 3.8) is 0 Å². The molecule has 1 N–H and O–H groups in total. The lowest BCUT2D eigenvalue weighted by molar-refractivity contribution is -0.116. The summed E-state index contributed by atoms with van der Waals surface area (Å²) in [5.41, 5.74) is 1.25. The van der Waals surface area contributed by atoms with E-state index in [1.54, 1.807) is 6.07 Å². The number of hydrogen-bond donors (Lipinski definition) is 1.